The van der Waals surface area contributed by atoms with Gasteiger partial charge in [0.05, 0.1) is 11.7 Å². The van der Waals surface area contributed by atoms with Crippen molar-refractivity contribution in [3.05, 3.63) is 72.4 Å². The molecule has 4 heteroatoms. The molecule has 3 aromatic carbocycles. The summed E-state index contributed by atoms with van der Waals surface area (Å²) in [6, 6.07) is 21.7. The number of para-hydroxylation sites is 1. The Hall–Kier alpha value is -3.27. The Morgan fingerprint density at radius 2 is 1.85 bits per heavy atom. The van der Waals surface area contributed by atoms with Gasteiger partial charge in [-0.05, 0) is 48.9 Å². The maximum absolute atomic E-state index is 4.08. The van der Waals surface area contributed by atoms with E-state index in [-0.39, 0.29) is 0 Å². The van der Waals surface area contributed by atoms with Crippen LogP contribution in [0.1, 0.15) is 12.5 Å². The molecule has 4 nitrogen and oxygen atoms in total. The van der Waals surface area contributed by atoms with Gasteiger partial charge in [-0.15, -0.1) is 0 Å². The smallest absolute Gasteiger partial charge is 0.0651 e. The summed E-state index contributed by atoms with van der Waals surface area (Å²) in [5.74, 6) is 0. The average molecular weight is 340 g/mol. The molecule has 0 aliphatic carbocycles. The zero-order valence-electron chi connectivity index (χ0n) is 14.7. The molecular formula is C22H20N4. The third kappa shape index (κ3) is 2.34. The van der Waals surface area contributed by atoms with Gasteiger partial charge in [-0.2, -0.15) is 5.10 Å². The third-order valence-electron chi connectivity index (χ3n) is 5.09. The Morgan fingerprint density at radius 3 is 2.77 bits per heavy atom. The molecule has 0 amide bonds. The molecule has 0 atom stereocenters. The lowest BCUT2D eigenvalue weighted by atomic mass is 10.1. The minimum Gasteiger partial charge on any atom is -0.381 e. The first-order valence-electron chi connectivity index (χ1n) is 9.00. The molecule has 26 heavy (non-hydrogen) atoms. The molecule has 2 aromatic heterocycles. The Bertz CT molecular complexity index is 1230. The number of H-pyrrole nitrogens is 1. The van der Waals surface area contributed by atoms with Crippen molar-refractivity contribution in [2.75, 3.05) is 5.32 Å². The van der Waals surface area contributed by atoms with E-state index in [2.05, 4.69) is 87.7 Å². The first kappa shape index (κ1) is 15.0. The highest BCUT2D eigenvalue weighted by molar-refractivity contribution is 6.08. The van der Waals surface area contributed by atoms with E-state index >= 15 is 0 Å². The van der Waals surface area contributed by atoms with Gasteiger partial charge in [0, 0.05) is 46.0 Å². The number of benzene rings is 3. The van der Waals surface area contributed by atoms with Gasteiger partial charge in [-0.3, -0.25) is 5.10 Å². The molecule has 0 unspecified atom stereocenters. The summed E-state index contributed by atoms with van der Waals surface area (Å²) in [7, 11) is 0. The monoisotopic (exact) mass is 340 g/mol. The second-order valence-corrected chi connectivity index (χ2v) is 6.64. The summed E-state index contributed by atoms with van der Waals surface area (Å²) < 4.78 is 2.38. The fourth-order valence-electron chi connectivity index (χ4n) is 3.81. The number of anilines is 1. The summed E-state index contributed by atoms with van der Waals surface area (Å²) >= 11 is 0. The van der Waals surface area contributed by atoms with Gasteiger partial charge in [-0.25, -0.2) is 0 Å². The SMILES string of the molecule is CCn1c2ccccc2c2cc(CNc3ccc4[nH]ncc4c3)ccc21. The summed E-state index contributed by atoms with van der Waals surface area (Å²) in [5.41, 5.74) is 6.06. The van der Waals surface area contributed by atoms with E-state index in [1.165, 1.54) is 27.4 Å². The zero-order valence-corrected chi connectivity index (χ0v) is 14.7. The molecule has 0 radical (unpaired) electrons. The van der Waals surface area contributed by atoms with E-state index in [4.69, 9.17) is 0 Å². The molecule has 0 fully saturated rings. The van der Waals surface area contributed by atoms with Crippen molar-refractivity contribution in [1.82, 2.24) is 14.8 Å². The number of aromatic amines is 1. The molecule has 5 aromatic rings. The lowest BCUT2D eigenvalue weighted by Gasteiger charge is -2.08. The van der Waals surface area contributed by atoms with Crippen LogP contribution in [0.25, 0.3) is 32.7 Å². The van der Waals surface area contributed by atoms with Gasteiger partial charge in [0.25, 0.3) is 0 Å². The van der Waals surface area contributed by atoms with E-state index in [9.17, 15) is 0 Å². The number of fused-ring (bicyclic) bond motifs is 4. The van der Waals surface area contributed by atoms with Gasteiger partial charge in [0.2, 0.25) is 0 Å². The molecule has 0 bridgehead atoms. The normalized spacial score (nSPS) is 11.6. The van der Waals surface area contributed by atoms with E-state index in [1.54, 1.807) is 0 Å². The van der Waals surface area contributed by atoms with E-state index in [1.807, 2.05) is 6.20 Å². The predicted octanol–water partition coefficient (Wildman–Crippen LogP) is 5.30. The lowest BCUT2D eigenvalue weighted by molar-refractivity contribution is 0.827. The summed E-state index contributed by atoms with van der Waals surface area (Å²) in [5, 5.41) is 14.4. The molecular weight excluding hydrogens is 320 g/mol. The minimum atomic E-state index is 0.797. The van der Waals surface area contributed by atoms with Crippen molar-refractivity contribution in [3.63, 3.8) is 0 Å². The zero-order chi connectivity index (χ0) is 17.5. The highest BCUT2D eigenvalue weighted by Gasteiger charge is 2.09. The Labute approximate surface area is 151 Å². The van der Waals surface area contributed by atoms with Gasteiger partial charge >= 0.3 is 0 Å². The highest BCUT2D eigenvalue weighted by Crippen LogP contribution is 2.30. The van der Waals surface area contributed by atoms with Crippen LogP contribution < -0.4 is 5.32 Å². The first-order chi connectivity index (χ1) is 12.8. The largest absolute Gasteiger partial charge is 0.381 e. The van der Waals surface area contributed by atoms with Crippen LogP contribution in [0.15, 0.2) is 66.9 Å². The molecule has 2 heterocycles. The number of nitrogens with one attached hydrogen (secondary N) is 2. The molecule has 128 valence electrons. The molecule has 2 N–H and O–H groups in total. The van der Waals surface area contributed by atoms with Crippen molar-refractivity contribution in [2.45, 2.75) is 20.0 Å². The van der Waals surface area contributed by atoms with Gasteiger partial charge in [0.1, 0.15) is 0 Å². The number of aromatic nitrogens is 3. The fourth-order valence-corrected chi connectivity index (χ4v) is 3.81. The predicted molar refractivity (Wildman–Crippen MR) is 109 cm³/mol. The topological polar surface area (TPSA) is 45.6 Å². The number of nitrogens with zero attached hydrogens (tertiary/aromatic N) is 2. The second-order valence-electron chi connectivity index (χ2n) is 6.64. The van der Waals surface area contributed by atoms with E-state index in [0.29, 0.717) is 0 Å². The van der Waals surface area contributed by atoms with Crippen LogP contribution in [0.3, 0.4) is 0 Å². The second kappa shape index (κ2) is 5.92. The van der Waals surface area contributed by atoms with Crippen molar-refractivity contribution < 1.29 is 0 Å². The van der Waals surface area contributed by atoms with Crippen LogP contribution in [-0.4, -0.2) is 14.8 Å². The highest BCUT2D eigenvalue weighted by atomic mass is 15.1. The Morgan fingerprint density at radius 1 is 0.962 bits per heavy atom. The van der Waals surface area contributed by atoms with Crippen LogP contribution >= 0.6 is 0 Å². The fraction of sp³-hybridized carbons (Fsp3) is 0.136. The van der Waals surface area contributed by atoms with Crippen molar-refractivity contribution in [2.24, 2.45) is 0 Å². The summed E-state index contributed by atoms with van der Waals surface area (Å²) in [4.78, 5) is 0. The quantitative estimate of drug-likeness (QED) is 0.466. The van der Waals surface area contributed by atoms with Crippen molar-refractivity contribution >= 4 is 38.4 Å². The number of hydrogen-bond acceptors (Lipinski definition) is 2. The Kier molecular flexibility index (Phi) is 3.42. The van der Waals surface area contributed by atoms with Crippen LogP contribution in [0.4, 0.5) is 5.69 Å². The average Bonchev–Trinajstić information content (AvgIpc) is 3.27. The van der Waals surface area contributed by atoms with Gasteiger partial charge < -0.3 is 9.88 Å². The minimum absolute atomic E-state index is 0.797. The molecule has 5 rings (SSSR count). The van der Waals surface area contributed by atoms with Crippen molar-refractivity contribution in [3.8, 4) is 0 Å². The molecule has 0 saturated carbocycles. The molecule has 0 aliphatic rings. The first-order valence-corrected chi connectivity index (χ1v) is 9.00. The maximum atomic E-state index is 4.08. The Balaban J connectivity index is 1.50. The van der Waals surface area contributed by atoms with E-state index < -0.39 is 0 Å². The number of rotatable bonds is 4. The maximum Gasteiger partial charge on any atom is 0.0651 e. The summed E-state index contributed by atoms with van der Waals surface area (Å²) in [6.45, 7) is 3.98. The van der Waals surface area contributed by atoms with Crippen molar-refractivity contribution in [1.29, 1.82) is 0 Å². The standard InChI is InChI=1S/C22H20N4/c1-2-26-21-6-4-3-5-18(21)19-11-15(7-10-22(19)26)13-23-17-8-9-20-16(12-17)14-24-25-20/h3-12,14,23H,2,13H2,1H3,(H,24,25). The summed E-state index contributed by atoms with van der Waals surface area (Å²) in [6.07, 6.45) is 1.85. The van der Waals surface area contributed by atoms with Gasteiger partial charge in [0.15, 0.2) is 0 Å². The van der Waals surface area contributed by atoms with Crippen LogP contribution in [0, 0.1) is 0 Å². The molecule has 0 saturated heterocycles. The number of aryl methyl sites for hydroxylation is 1. The van der Waals surface area contributed by atoms with Crippen LogP contribution in [-0.2, 0) is 13.1 Å². The molecule has 0 aliphatic heterocycles. The van der Waals surface area contributed by atoms with Crippen LogP contribution in [0.5, 0.6) is 0 Å². The van der Waals surface area contributed by atoms with E-state index in [0.717, 1.165) is 29.7 Å². The molecule has 0 spiro atoms. The third-order valence-corrected chi connectivity index (χ3v) is 5.09. The number of hydrogen-bond donors (Lipinski definition) is 2. The van der Waals surface area contributed by atoms with Crippen LogP contribution in [0.2, 0.25) is 0 Å². The van der Waals surface area contributed by atoms with Gasteiger partial charge in [-0.1, -0.05) is 24.3 Å². The lowest BCUT2D eigenvalue weighted by Crippen LogP contribution is -1.99.